The highest BCUT2D eigenvalue weighted by Gasteiger charge is 2.09. The number of esters is 1. The third kappa shape index (κ3) is 3.11. The van der Waals surface area contributed by atoms with Crippen LogP contribution in [0.15, 0.2) is 67.1 Å². The van der Waals surface area contributed by atoms with E-state index in [1.54, 1.807) is 19.2 Å². The van der Waals surface area contributed by atoms with E-state index in [1.165, 1.54) is 22.4 Å². The summed E-state index contributed by atoms with van der Waals surface area (Å²) < 4.78 is 8.88. The summed E-state index contributed by atoms with van der Waals surface area (Å²) in [4.78, 5) is 11.6. The molecular formula is C21H19N3O2. The van der Waals surface area contributed by atoms with Gasteiger partial charge in [-0.25, -0.2) is 9.31 Å². The van der Waals surface area contributed by atoms with E-state index < -0.39 is 0 Å². The fraction of sp³-hybridized carbons (Fsp3) is 0.143. The summed E-state index contributed by atoms with van der Waals surface area (Å²) in [6, 6.07) is 14.8. The fourth-order valence-corrected chi connectivity index (χ4v) is 3.12. The predicted octanol–water partition coefficient (Wildman–Crippen LogP) is 3.91. The highest BCUT2D eigenvalue weighted by molar-refractivity contribution is 5.88. The molecule has 0 bridgehead atoms. The molecule has 0 aliphatic rings. The zero-order chi connectivity index (χ0) is 17.9. The molecule has 4 aromatic rings. The first-order chi connectivity index (χ1) is 12.7. The zero-order valence-electron chi connectivity index (χ0n) is 14.5. The maximum absolute atomic E-state index is 11.6. The van der Waals surface area contributed by atoms with E-state index in [0.717, 1.165) is 17.8 Å². The van der Waals surface area contributed by atoms with Crippen LogP contribution in [0.4, 0.5) is 0 Å². The standard InChI is InChI=1S/C21H19N3O2/c1-2-26-20(25)10-9-19-14-22-24-12-11-23(21(19)24)15-16-7-8-17-5-3-4-6-18(17)13-16/h3-14H,2,15H2,1H3. The molecule has 0 spiro atoms. The first-order valence-corrected chi connectivity index (χ1v) is 8.59. The van der Waals surface area contributed by atoms with Crippen molar-refractivity contribution < 1.29 is 9.53 Å². The van der Waals surface area contributed by atoms with Crippen LogP contribution in [0.25, 0.3) is 22.5 Å². The third-order valence-corrected chi connectivity index (χ3v) is 4.31. The molecule has 0 saturated heterocycles. The summed E-state index contributed by atoms with van der Waals surface area (Å²) in [5, 5.41) is 6.81. The van der Waals surface area contributed by atoms with Crippen LogP contribution >= 0.6 is 0 Å². The van der Waals surface area contributed by atoms with E-state index in [4.69, 9.17) is 4.74 Å². The van der Waals surface area contributed by atoms with E-state index >= 15 is 0 Å². The lowest BCUT2D eigenvalue weighted by molar-refractivity contribution is -0.137. The van der Waals surface area contributed by atoms with Crippen molar-refractivity contribution in [2.24, 2.45) is 0 Å². The maximum atomic E-state index is 11.6. The quantitative estimate of drug-likeness (QED) is 0.407. The van der Waals surface area contributed by atoms with Crippen molar-refractivity contribution in [2.45, 2.75) is 13.5 Å². The summed E-state index contributed by atoms with van der Waals surface area (Å²) in [5.74, 6) is -0.348. The van der Waals surface area contributed by atoms with Crippen LogP contribution in [0.2, 0.25) is 0 Å². The Labute approximate surface area is 151 Å². The number of hydrogen-bond acceptors (Lipinski definition) is 3. The Bertz CT molecular complexity index is 1100. The third-order valence-electron chi connectivity index (χ3n) is 4.31. The van der Waals surface area contributed by atoms with E-state index in [1.807, 2.05) is 23.0 Å². The molecule has 2 aromatic carbocycles. The Morgan fingerprint density at radius 3 is 2.85 bits per heavy atom. The maximum Gasteiger partial charge on any atom is 0.330 e. The topological polar surface area (TPSA) is 48.5 Å². The molecule has 130 valence electrons. The fourth-order valence-electron chi connectivity index (χ4n) is 3.12. The average Bonchev–Trinajstić information content (AvgIpc) is 3.23. The molecule has 2 aromatic heterocycles. The minimum atomic E-state index is -0.348. The highest BCUT2D eigenvalue weighted by atomic mass is 16.5. The van der Waals surface area contributed by atoms with Gasteiger partial charge >= 0.3 is 5.97 Å². The first kappa shape index (κ1) is 16.1. The van der Waals surface area contributed by atoms with Crippen molar-refractivity contribution in [2.75, 3.05) is 6.61 Å². The van der Waals surface area contributed by atoms with Gasteiger partial charge in [0.25, 0.3) is 0 Å². The summed E-state index contributed by atoms with van der Waals surface area (Å²) in [5.41, 5.74) is 3.03. The van der Waals surface area contributed by atoms with Gasteiger partial charge in [0, 0.05) is 30.6 Å². The molecule has 0 unspecified atom stereocenters. The second-order valence-corrected chi connectivity index (χ2v) is 6.06. The SMILES string of the molecule is CCOC(=O)C=Cc1cnn2ccn(Cc3ccc4ccccc4c3)c12. The average molecular weight is 345 g/mol. The van der Waals surface area contributed by atoms with E-state index in [2.05, 4.69) is 46.1 Å². The molecule has 0 N–H and O–H groups in total. The first-order valence-electron chi connectivity index (χ1n) is 8.59. The Kier molecular flexibility index (Phi) is 4.27. The highest BCUT2D eigenvalue weighted by Crippen LogP contribution is 2.19. The second kappa shape index (κ2) is 6.88. The molecular weight excluding hydrogens is 326 g/mol. The van der Waals surface area contributed by atoms with Crippen LogP contribution in [0.1, 0.15) is 18.1 Å². The Balaban J connectivity index is 1.65. The number of ether oxygens (including phenoxy) is 1. The number of benzene rings is 2. The van der Waals surface area contributed by atoms with E-state index in [9.17, 15) is 4.79 Å². The van der Waals surface area contributed by atoms with Gasteiger partial charge in [-0.1, -0.05) is 36.4 Å². The van der Waals surface area contributed by atoms with Gasteiger partial charge in [-0.3, -0.25) is 0 Å². The van der Waals surface area contributed by atoms with Crippen molar-refractivity contribution in [1.29, 1.82) is 0 Å². The van der Waals surface area contributed by atoms with Gasteiger partial charge in [-0.15, -0.1) is 0 Å². The van der Waals surface area contributed by atoms with Gasteiger partial charge in [0.1, 0.15) is 5.65 Å². The number of carbonyl (C=O) groups excluding carboxylic acids is 1. The lowest BCUT2D eigenvalue weighted by Gasteiger charge is -2.06. The number of aromatic nitrogens is 3. The summed E-state index contributed by atoms with van der Waals surface area (Å²) in [7, 11) is 0. The lowest BCUT2D eigenvalue weighted by atomic mass is 10.1. The molecule has 0 aliphatic carbocycles. The van der Waals surface area contributed by atoms with Crippen molar-refractivity contribution in [3.05, 3.63) is 78.3 Å². The number of imidazole rings is 1. The molecule has 4 rings (SSSR count). The normalized spacial score (nSPS) is 11.6. The van der Waals surface area contributed by atoms with Crippen molar-refractivity contribution in [3.63, 3.8) is 0 Å². The van der Waals surface area contributed by atoms with E-state index in [-0.39, 0.29) is 5.97 Å². The van der Waals surface area contributed by atoms with Crippen LogP contribution in [0.5, 0.6) is 0 Å². The van der Waals surface area contributed by atoms with Crippen LogP contribution in [-0.4, -0.2) is 26.8 Å². The van der Waals surface area contributed by atoms with Crippen LogP contribution < -0.4 is 0 Å². The molecule has 0 radical (unpaired) electrons. The Morgan fingerprint density at radius 1 is 1.15 bits per heavy atom. The van der Waals surface area contributed by atoms with Gasteiger partial charge in [0.15, 0.2) is 0 Å². The molecule has 0 amide bonds. The molecule has 0 aliphatic heterocycles. The molecule has 0 atom stereocenters. The van der Waals surface area contributed by atoms with Gasteiger partial charge < -0.3 is 9.30 Å². The minimum absolute atomic E-state index is 0.348. The molecule has 5 heteroatoms. The zero-order valence-corrected chi connectivity index (χ0v) is 14.5. The van der Waals surface area contributed by atoms with Crippen LogP contribution in [0.3, 0.4) is 0 Å². The molecule has 26 heavy (non-hydrogen) atoms. The summed E-state index contributed by atoms with van der Waals surface area (Å²) in [6.07, 6.45) is 8.85. The number of fused-ring (bicyclic) bond motifs is 2. The number of carbonyl (C=O) groups is 1. The smallest absolute Gasteiger partial charge is 0.330 e. The molecule has 2 heterocycles. The molecule has 5 nitrogen and oxygen atoms in total. The van der Waals surface area contributed by atoms with Crippen molar-refractivity contribution in [3.8, 4) is 0 Å². The van der Waals surface area contributed by atoms with Crippen molar-refractivity contribution in [1.82, 2.24) is 14.2 Å². The number of rotatable bonds is 5. The predicted molar refractivity (Wildman–Crippen MR) is 102 cm³/mol. The Morgan fingerprint density at radius 2 is 2.00 bits per heavy atom. The van der Waals surface area contributed by atoms with Gasteiger partial charge in [0.2, 0.25) is 0 Å². The molecule has 0 fully saturated rings. The largest absolute Gasteiger partial charge is 0.463 e. The van der Waals surface area contributed by atoms with Gasteiger partial charge in [-0.2, -0.15) is 5.10 Å². The monoisotopic (exact) mass is 345 g/mol. The summed E-state index contributed by atoms with van der Waals surface area (Å²) in [6.45, 7) is 2.89. The second-order valence-electron chi connectivity index (χ2n) is 6.06. The Hall–Kier alpha value is -3.34. The van der Waals surface area contributed by atoms with Crippen LogP contribution in [-0.2, 0) is 16.1 Å². The van der Waals surface area contributed by atoms with E-state index in [0.29, 0.717) is 6.61 Å². The van der Waals surface area contributed by atoms with Crippen molar-refractivity contribution >= 4 is 28.5 Å². The van der Waals surface area contributed by atoms with Gasteiger partial charge in [0.05, 0.1) is 12.8 Å². The van der Waals surface area contributed by atoms with Crippen LogP contribution in [0, 0.1) is 0 Å². The minimum Gasteiger partial charge on any atom is -0.463 e. The molecule has 0 saturated carbocycles. The number of nitrogens with zero attached hydrogens (tertiary/aromatic N) is 3. The number of hydrogen-bond donors (Lipinski definition) is 0. The lowest BCUT2D eigenvalue weighted by Crippen LogP contribution is -2.00. The summed E-state index contributed by atoms with van der Waals surface area (Å²) >= 11 is 0. The van der Waals surface area contributed by atoms with Gasteiger partial charge in [-0.05, 0) is 35.4 Å².